The average Bonchev–Trinajstić information content (AvgIpc) is 1.80. The topological polar surface area (TPSA) is 0 Å². The second-order valence-corrected chi connectivity index (χ2v) is 3.38. The molecular weight excluding hydrogens is 179 g/mol. The van der Waals surface area contributed by atoms with E-state index in [2.05, 4.69) is 0 Å². The van der Waals surface area contributed by atoms with Crippen molar-refractivity contribution in [1.29, 1.82) is 0 Å². The molecule has 0 aliphatic heterocycles. The Labute approximate surface area is 67.1 Å². The van der Waals surface area contributed by atoms with Crippen LogP contribution in [-0.4, -0.2) is 6.18 Å². The molecule has 0 N–H and O–H groups in total. The Morgan fingerprint density at radius 1 is 0.833 bits per heavy atom. The van der Waals surface area contributed by atoms with Gasteiger partial charge in [0.05, 0.1) is 0 Å². The second kappa shape index (κ2) is 3.03. The molecule has 0 radical (unpaired) electrons. The summed E-state index contributed by atoms with van der Waals surface area (Å²) >= 11 is 0. The van der Waals surface area contributed by atoms with Gasteiger partial charge in [0.25, 0.3) is 0 Å². The summed E-state index contributed by atoms with van der Waals surface area (Å²) in [4.78, 5) is 0. The Balaban J connectivity index is 4.96. The summed E-state index contributed by atoms with van der Waals surface area (Å²) < 4.78 is 59.4. The summed E-state index contributed by atoms with van der Waals surface area (Å²) in [5, 5.41) is 0. The molecule has 0 spiro atoms. The molecule has 0 aromatic carbocycles. The fourth-order valence-electron chi connectivity index (χ4n) is 0.454. The minimum absolute atomic E-state index is 1.16. The Kier molecular flexibility index (Phi) is 2.88. The third kappa shape index (κ3) is 2.79. The summed E-state index contributed by atoms with van der Waals surface area (Å²) in [7, 11) is 0. The molecule has 72 valence electrons. The van der Waals surface area contributed by atoms with Gasteiger partial charge in [-0.3, -0.25) is 0 Å². The second-order valence-electron chi connectivity index (χ2n) is 3.38. The quantitative estimate of drug-likeness (QED) is 0.508. The van der Waals surface area contributed by atoms with Crippen LogP contribution in [0.2, 0.25) is 0 Å². The molecule has 5 heteroatoms. The highest BCUT2D eigenvalue weighted by Crippen LogP contribution is 2.37. The van der Waals surface area contributed by atoms with Crippen LogP contribution in [0.15, 0.2) is 11.7 Å². The lowest BCUT2D eigenvalue weighted by Crippen LogP contribution is -2.16. The van der Waals surface area contributed by atoms with Gasteiger partial charge in [0.15, 0.2) is 0 Å². The van der Waals surface area contributed by atoms with E-state index in [1.807, 2.05) is 0 Å². The van der Waals surface area contributed by atoms with Crippen molar-refractivity contribution in [3.8, 4) is 0 Å². The van der Waals surface area contributed by atoms with E-state index in [1.165, 1.54) is 0 Å². The number of allylic oxidation sites excluding steroid dienone is 2. The first-order valence-corrected chi connectivity index (χ1v) is 3.19. The van der Waals surface area contributed by atoms with Crippen molar-refractivity contribution in [2.45, 2.75) is 26.9 Å². The van der Waals surface area contributed by atoms with Gasteiger partial charge in [0.2, 0.25) is 5.83 Å². The Morgan fingerprint density at radius 2 is 1.17 bits per heavy atom. The van der Waals surface area contributed by atoms with Crippen molar-refractivity contribution < 1.29 is 22.0 Å². The molecule has 0 aromatic heterocycles. The summed E-state index contributed by atoms with van der Waals surface area (Å²) in [6.07, 6.45) is -5.22. The number of rotatable bonds is 0. The lowest BCUT2D eigenvalue weighted by molar-refractivity contribution is -0.112. The molecule has 0 unspecified atom stereocenters. The maximum Gasteiger partial charge on any atom is 0.445 e. The summed E-state index contributed by atoms with van der Waals surface area (Å²) in [5.41, 5.74) is -1.44. The van der Waals surface area contributed by atoms with Crippen LogP contribution >= 0.6 is 0 Å². The van der Waals surface area contributed by atoms with E-state index in [9.17, 15) is 22.0 Å². The monoisotopic (exact) mass is 188 g/mol. The molecule has 0 fully saturated rings. The van der Waals surface area contributed by atoms with Crippen LogP contribution in [0, 0.1) is 5.41 Å². The Morgan fingerprint density at radius 3 is 1.25 bits per heavy atom. The van der Waals surface area contributed by atoms with Gasteiger partial charge in [-0.1, -0.05) is 20.8 Å². The van der Waals surface area contributed by atoms with Crippen LogP contribution < -0.4 is 0 Å². The van der Waals surface area contributed by atoms with E-state index in [-0.39, 0.29) is 0 Å². The highest BCUT2D eigenvalue weighted by Gasteiger charge is 2.40. The van der Waals surface area contributed by atoms with Crippen molar-refractivity contribution in [2.24, 2.45) is 5.41 Å². The molecule has 0 aromatic rings. The zero-order chi connectivity index (χ0) is 10.2. The highest BCUT2D eigenvalue weighted by molar-refractivity contribution is 5.11. The first-order valence-electron chi connectivity index (χ1n) is 3.19. The van der Waals surface area contributed by atoms with Gasteiger partial charge in [0.1, 0.15) is 5.83 Å². The lowest BCUT2D eigenvalue weighted by Gasteiger charge is -2.17. The van der Waals surface area contributed by atoms with E-state index in [0.717, 1.165) is 20.8 Å². The van der Waals surface area contributed by atoms with Crippen molar-refractivity contribution in [3.63, 3.8) is 0 Å². The Bertz CT molecular complexity index is 171. The van der Waals surface area contributed by atoms with Crippen LogP contribution in [0.5, 0.6) is 0 Å². The summed E-state index contributed by atoms with van der Waals surface area (Å²) in [5.74, 6) is -4.41. The number of halogens is 5. The van der Waals surface area contributed by atoms with Crippen molar-refractivity contribution in [1.82, 2.24) is 0 Å². The third-order valence-electron chi connectivity index (χ3n) is 1.10. The van der Waals surface area contributed by atoms with Crippen LogP contribution in [0.4, 0.5) is 22.0 Å². The van der Waals surface area contributed by atoms with E-state index in [4.69, 9.17) is 0 Å². The van der Waals surface area contributed by atoms with Crippen LogP contribution in [0.25, 0.3) is 0 Å². The molecule has 0 aliphatic rings. The molecule has 0 nitrogen and oxygen atoms in total. The third-order valence-corrected chi connectivity index (χ3v) is 1.10. The molecule has 0 bridgehead atoms. The maximum absolute atomic E-state index is 12.6. The van der Waals surface area contributed by atoms with E-state index < -0.39 is 23.2 Å². The molecule has 0 aliphatic carbocycles. The van der Waals surface area contributed by atoms with Gasteiger partial charge in [-0.25, -0.2) is 4.39 Å². The van der Waals surface area contributed by atoms with Crippen molar-refractivity contribution in [3.05, 3.63) is 11.7 Å². The van der Waals surface area contributed by atoms with Gasteiger partial charge >= 0.3 is 6.18 Å². The highest BCUT2D eigenvalue weighted by atomic mass is 19.4. The predicted octanol–water partition coefficient (Wildman–Crippen LogP) is 3.75. The molecule has 0 rings (SSSR count). The minimum atomic E-state index is -5.22. The molecule has 12 heavy (non-hydrogen) atoms. The van der Waals surface area contributed by atoms with E-state index in [0.29, 0.717) is 0 Å². The first-order chi connectivity index (χ1) is 5.07. The van der Waals surface area contributed by atoms with E-state index >= 15 is 0 Å². The smallest absolute Gasteiger partial charge is 0.208 e. The van der Waals surface area contributed by atoms with Crippen LogP contribution in [0.1, 0.15) is 20.8 Å². The van der Waals surface area contributed by atoms with Crippen molar-refractivity contribution in [2.75, 3.05) is 0 Å². The number of hydrogen-bond donors (Lipinski definition) is 0. The zero-order valence-electron chi connectivity index (χ0n) is 6.89. The first kappa shape index (κ1) is 11.4. The molecule has 0 atom stereocenters. The number of alkyl halides is 3. The Hall–Kier alpha value is -0.610. The average molecular weight is 188 g/mol. The number of hydrogen-bond acceptors (Lipinski definition) is 0. The molecule has 0 saturated heterocycles. The largest absolute Gasteiger partial charge is 0.445 e. The van der Waals surface area contributed by atoms with Gasteiger partial charge in [0, 0.05) is 5.41 Å². The fraction of sp³-hybridized carbons (Fsp3) is 0.714. The summed E-state index contributed by atoms with van der Waals surface area (Å²) in [6.45, 7) is 3.48. The normalized spacial score (nSPS) is 16.0. The minimum Gasteiger partial charge on any atom is -0.208 e. The van der Waals surface area contributed by atoms with Gasteiger partial charge in [-0.15, -0.1) is 0 Å². The fourth-order valence-corrected chi connectivity index (χ4v) is 0.454. The molecule has 0 heterocycles. The van der Waals surface area contributed by atoms with Crippen molar-refractivity contribution >= 4 is 0 Å². The van der Waals surface area contributed by atoms with Gasteiger partial charge in [-0.2, -0.15) is 17.6 Å². The van der Waals surface area contributed by atoms with Gasteiger partial charge < -0.3 is 0 Å². The van der Waals surface area contributed by atoms with Crippen LogP contribution in [-0.2, 0) is 0 Å². The summed E-state index contributed by atoms with van der Waals surface area (Å²) in [6, 6.07) is 0. The van der Waals surface area contributed by atoms with Crippen LogP contribution in [0.3, 0.4) is 0 Å². The van der Waals surface area contributed by atoms with E-state index in [1.54, 1.807) is 0 Å². The standard InChI is InChI=1S/C7H9F5/c1-6(2,3)4(8)5(9)7(10,11)12/h1-3H3/b5-4+. The van der Waals surface area contributed by atoms with Gasteiger partial charge in [-0.05, 0) is 0 Å². The predicted molar refractivity (Wildman–Crippen MR) is 34.8 cm³/mol. The molecule has 0 saturated carbocycles. The molecular formula is C7H9F5. The zero-order valence-corrected chi connectivity index (χ0v) is 6.89. The lowest BCUT2D eigenvalue weighted by atomic mass is 9.94. The maximum atomic E-state index is 12.6. The SMILES string of the molecule is CC(C)(C)/C(F)=C(\F)C(F)(F)F. The molecule has 0 amide bonds.